The molecule has 0 radical (unpaired) electrons. The molecule has 3 N–H and O–H groups in total. The minimum atomic E-state index is 0.111. The summed E-state index contributed by atoms with van der Waals surface area (Å²) in [5.74, 6) is 0.815. The minimum Gasteiger partial charge on any atom is -0.353 e. The smallest absolute Gasteiger partial charge is 0.223 e. The Balaban J connectivity index is 2.31. The predicted molar refractivity (Wildman–Crippen MR) is 80.8 cm³/mol. The van der Waals surface area contributed by atoms with Crippen LogP contribution in [0.5, 0.6) is 0 Å². The van der Waals surface area contributed by atoms with E-state index in [0.717, 1.165) is 25.7 Å². The van der Waals surface area contributed by atoms with Gasteiger partial charge in [-0.3, -0.25) is 4.79 Å². The summed E-state index contributed by atoms with van der Waals surface area (Å²) >= 11 is 0. The van der Waals surface area contributed by atoms with E-state index in [9.17, 15) is 4.79 Å². The monoisotopic (exact) mass is 268 g/mol. The molecule has 0 aromatic carbocycles. The van der Waals surface area contributed by atoms with Crippen LogP contribution in [-0.4, -0.2) is 18.0 Å². The van der Waals surface area contributed by atoms with E-state index in [-0.39, 0.29) is 11.8 Å². The molecule has 1 aliphatic rings. The highest BCUT2D eigenvalue weighted by Crippen LogP contribution is 2.29. The molecule has 3 nitrogen and oxygen atoms in total. The molecule has 1 fully saturated rings. The molecule has 19 heavy (non-hydrogen) atoms. The van der Waals surface area contributed by atoms with E-state index in [0.29, 0.717) is 18.0 Å². The largest absolute Gasteiger partial charge is 0.353 e. The van der Waals surface area contributed by atoms with Crippen molar-refractivity contribution in [3.8, 4) is 0 Å². The molecule has 0 aromatic rings. The maximum atomic E-state index is 12.2. The number of amides is 1. The molecule has 0 aliphatic heterocycles. The number of nitrogens with two attached hydrogens (primary N) is 1. The standard InChI is InChI=1S/C16H32N2O/c1-4-5-6-8-12(2)18-16(19)13(3)14-9-7-10-15(17)11-14/h12-15H,4-11,17H2,1-3H3,(H,18,19). The highest BCUT2D eigenvalue weighted by atomic mass is 16.1. The Labute approximate surface area is 118 Å². The predicted octanol–water partition coefficient (Wildman–Crippen LogP) is 3.23. The molecule has 0 aromatic heterocycles. The number of carbonyl (C=O) groups excluding carboxylic acids is 1. The Bertz CT molecular complexity index is 267. The Hall–Kier alpha value is -0.570. The van der Waals surface area contributed by atoms with Gasteiger partial charge >= 0.3 is 0 Å². The van der Waals surface area contributed by atoms with Crippen LogP contribution in [0.2, 0.25) is 0 Å². The second kappa shape index (κ2) is 8.57. The van der Waals surface area contributed by atoms with Crippen LogP contribution in [0.25, 0.3) is 0 Å². The zero-order valence-electron chi connectivity index (χ0n) is 13.0. The third-order valence-electron chi connectivity index (χ3n) is 4.51. The van der Waals surface area contributed by atoms with Gasteiger partial charge in [0.2, 0.25) is 5.91 Å². The fourth-order valence-corrected chi connectivity index (χ4v) is 3.08. The first-order valence-electron chi connectivity index (χ1n) is 8.10. The molecule has 0 heterocycles. The van der Waals surface area contributed by atoms with Gasteiger partial charge in [-0.05, 0) is 38.5 Å². The molecular formula is C16H32N2O. The average Bonchev–Trinajstić information content (AvgIpc) is 2.38. The summed E-state index contributed by atoms with van der Waals surface area (Å²) in [6, 6.07) is 0.606. The molecule has 1 aliphatic carbocycles. The van der Waals surface area contributed by atoms with Gasteiger partial charge in [0.1, 0.15) is 0 Å². The number of nitrogens with one attached hydrogen (secondary N) is 1. The highest BCUT2D eigenvalue weighted by molar-refractivity contribution is 5.78. The molecule has 1 amide bonds. The number of carbonyl (C=O) groups is 1. The second-order valence-electron chi connectivity index (χ2n) is 6.38. The Morgan fingerprint density at radius 3 is 2.68 bits per heavy atom. The Morgan fingerprint density at radius 2 is 2.05 bits per heavy atom. The van der Waals surface area contributed by atoms with E-state index < -0.39 is 0 Å². The zero-order valence-corrected chi connectivity index (χ0v) is 13.0. The first-order valence-corrected chi connectivity index (χ1v) is 8.10. The third kappa shape index (κ3) is 5.94. The van der Waals surface area contributed by atoms with Gasteiger partial charge < -0.3 is 11.1 Å². The fourth-order valence-electron chi connectivity index (χ4n) is 3.08. The molecule has 1 saturated carbocycles. The Morgan fingerprint density at radius 1 is 1.32 bits per heavy atom. The average molecular weight is 268 g/mol. The van der Waals surface area contributed by atoms with Gasteiger partial charge in [0.15, 0.2) is 0 Å². The Kier molecular flexibility index (Phi) is 7.44. The summed E-state index contributed by atoms with van der Waals surface area (Å²) in [4.78, 5) is 12.2. The molecule has 0 spiro atoms. The van der Waals surface area contributed by atoms with Crippen LogP contribution in [-0.2, 0) is 4.79 Å². The molecule has 1 rings (SSSR count). The summed E-state index contributed by atoms with van der Waals surface area (Å²) in [6.07, 6.45) is 9.26. The van der Waals surface area contributed by atoms with Crippen molar-refractivity contribution >= 4 is 5.91 Å². The second-order valence-corrected chi connectivity index (χ2v) is 6.38. The zero-order chi connectivity index (χ0) is 14.3. The summed E-state index contributed by atoms with van der Waals surface area (Å²) in [5.41, 5.74) is 6.01. The van der Waals surface area contributed by atoms with E-state index in [1.165, 1.54) is 25.7 Å². The molecule has 4 atom stereocenters. The number of unbranched alkanes of at least 4 members (excludes halogenated alkanes) is 2. The lowest BCUT2D eigenvalue weighted by atomic mass is 9.78. The molecule has 112 valence electrons. The van der Waals surface area contributed by atoms with Gasteiger partial charge in [-0.1, -0.05) is 39.5 Å². The number of rotatable bonds is 7. The quantitative estimate of drug-likeness (QED) is 0.697. The lowest BCUT2D eigenvalue weighted by molar-refractivity contribution is -0.127. The van der Waals surface area contributed by atoms with Gasteiger partial charge in [0.05, 0.1) is 0 Å². The van der Waals surface area contributed by atoms with Crippen LogP contribution in [0.4, 0.5) is 0 Å². The molecule has 0 saturated heterocycles. The lowest BCUT2D eigenvalue weighted by Crippen LogP contribution is -2.41. The van der Waals surface area contributed by atoms with Crippen molar-refractivity contribution in [1.29, 1.82) is 0 Å². The molecule has 0 bridgehead atoms. The van der Waals surface area contributed by atoms with Crippen molar-refractivity contribution in [1.82, 2.24) is 5.32 Å². The van der Waals surface area contributed by atoms with Crippen LogP contribution >= 0.6 is 0 Å². The third-order valence-corrected chi connectivity index (χ3v) is 4.51. The first kappa shape index (κ1) is 16.5. The van der Waals surface area contributed by atoms with Crippen molar-refractivity contribution < 1.29 is 4.79 Å². The van der Waals surface area contributed by atoms with Gasteiger partial charge in [0, 0.05) is 18.0 Å². The summed E-state index contributed by atoms with van der Waals surface area (Å²) in [6.45, 7) is 6.39. The summed E-state index contributed by atoms with van der Waals surface area (Å²) < 4.78 is 0. The van der Waals surface area contributed by atoms with E-state index in [4.69, 9.17) is 5.73 Å². The van der Waals surface area contributed by atoms with E-state index in [1.807, 2.05) is 0 Å². The first-order chi connectivity index (χ1) is 9.04. The van der Waals surface area contributed by atoms with E-state index in [1.54, 1.807) is 0 Å². The normalized spacial score (nSPS) is 26.7. The molecule has 4 unspecified atom stereocenters. The number of hydrogen-bond donors (Lipinski definition) is 2. The van der Waals surface area contributed by atoms with E-state index >= 15 is 0 Å². The minimum absolute atomic E-state index is 0.111. The van der Waals surface area contributed by atoms with Crippen molar-refractivity contribution in [3.05, 3.63) is 0 Å². The van der Waals surface area contributed by atoms with Crippen molar-refractivity contribution in [3.63, 3.8) is 0 Å². The van der Waals surface area contributed by atoms with Gasteiger partial charge in [0.25, 0.3) is 0 Å². The number of hydrogen-bond acceptors (Lipinski definition) is 2. The summed E-state index contributed by atoms with van der Waals surface area (Å²) in [7, 11) is 0. The molecule has 3 heteroatoms. The highest BCUT2D eigenvalue weighted by Gasteiger charge is 2.28. The van der Waals surface area contributed by atoms with Crippen LogP contribution in [0.15, 0.2) is 0 Å². The lowest BCUT2D eigenvalue weighted by Gasteiger charge is -2.31. The SMILES string of the molecule is CCCCCC(C)NC(=O)C(C)C1CCCC(N)C1. The van der Waals surface area contributed by atoms with Gasteiger partial charge in [-0.15, -0.1) is 0 Å². The molecular weight excluding hydrogens is 236 g/mol. The van der Waals surface area contributed by atoms with Crippen molar-refractivity contribution in [2.45, 2.75) is 84.2 Å². The summed E-state index contributed by atoms with van der Waals surface area (Å²) in [5, 5.41) is 3.17. The maximum Gasteiger partial charge on any atom is 0.223 e. The van der Waals surface area contributed by atoms with E-state index in [2.05, 4.69) is 26.1 Å². The topological polar surface area (TPSA) is 55.1 Å². The van der Waals surface area contributed by atoms with Crippen LogP contribution in [0.3, 0.4) is 0 Å². The maximum absolute atomic E-state index is 12.2. The van der Waals surface area contributed by atoms with Crippen molar-refractivity contribution in [2.24, 2.45) is 17.6 Å². The van der Waals surface area contributed by atoms with Crippen LogP contribution in [0.1, 0.15) is 72.1 Å². The fraction of sp³-hybridized carbons (Fsp3) is 0.938. The van der Waals surface area contributed by atoms with Crippen molar-refractivity contribution in [2.75, 3.05) is 0 Å². The van der Waals surface area contributed by atoms with Gasteiger partial charge in [-0.25, -0.2) is 0 Å². The van der Waals surface area contributed by atoms with Crippen LogP contribution in [0, 0.1) is 11.8 Å². The van der Waals surface area contributed by atoms with Crippen LogP contribution < -0.4 is 11.1 Å². The van der Waals surface area contributed by atoms with Gasteiger partial charge in [-0.2, -0.15) is 0 Å².